The zero-order valence-electron chi connectivity index (χ0n) is 9.86. The summed E-state index contributed by atoms with van der Waals surface area (Å²) in [5.74, 6) is -1.46. The first-order valence-corrected chi connectivity index (χ1v) is 5.51. The van der Waals surface area contributed by atoms with Gasteiger partial charge >= 0.3 is 0 Å². The molecule has 1 aromatic heterocycles. The molecule has 4 nitrogen and oxygen atoms in total. The van der Waals surface area contributed by atoms with Crippen LogP contribution in [-0.2, 0) is 6.54 Å². The van der Waals surface area contributed by atoms with E-state index in [4.69, 9.17) is 5.73 Å². The van der Waals surface area contributed by atoms with Crippen molar-refractivity contribution in [1.29, 1.82) is 0 Å². The minimum Gasteiger partial charge on any atom is -0.326 e. The van der Waals surface area contributed by atoms with E-state index in [2.05, 4.69) is 10.3 Å². The molecule has 19 heavy (non-hydrogen) atoms. The van der Waals surface area contributed by atoms with Crippen molar-refractivity contribution >= 4 is 11.6 Å². The summed E-state index contributed by atoms with van der Waals surface area (Å²) in [6.45, 7) is 0.0321. The van der Waals surface area contributed by atoms with Crippen LogP contribution in [0.2, 0.25) is 0 Å². The zero-order chi connectivity index (χ0) is 13.8. The van der Waals surface area contributed by atoms with Gasteiger partial charge in [0.1, 0.15) is 17.3 Å². The molecule has 0 aliphatic rings. The van der Waals surface area contributed by atoms with Crippen LogP contribution in [0.3, 0.4) is 0 Å². The van der Waals surface area contributed by atoms with E-state index in [1.807, 2.05) is 0 Å². The van der Waals surface area contributed by atoms with Gasteiger partial charge in [-0.15, -0.1) is 0 Å². The fourth-order valence-electron chi connectivity index (χ4n) is 1.51. The summed E-state index contributed by atoms with van der Waals surface area (Å²) in [5, 5.41) is 2.53. The lowest BCUT2D eigenvalue weighted by Gasteiger charge is -2.07. The van der Waals surface area contributed by atoms with E-state index in [0.717, 1.165) is 12.3 Å². The van der Waals surface area contributed by atoms with E-state index >= 15 is 0 Å². The number of aromatic nitrogens is 1. The summed E-state index contributed by atoms with van der Waals surface area (Å²) >= 11 is 0. The highest BCUT2D eigenvalue weighted by Crippen LogP contribution is 2.15. The number of nitrogens with zero attached hydrogens (tertiary/aromatic N) is 1. The third kappa shape index (κ3) is 3.11. The molecule has 0 spiro atoms. The maximum Gasteiger partial charge on any atom is 0.274 e. The number of anilines is 1. The predicted molar refractivity (Wildman–Crippen MR) is 66.4 cm³/mol. The van der Waals surface area contributed by atoms with Crippen LogP contribution in [-0.4, -0.2) is 10.9 Å². The van der Waals surface area contributed by atoms with E-state index < -0.39 is 17.5 Å². The van der Waals surface area contributed by atoms with Gasteiger partial charge in [0.25, 0.3) is 5.91 Å². The monoisotopic (exact) mass is 263 g/mol. The van der Waals surface area contributed by atoms with Gasteiger partial charge in [-0.3, -0.25) is 4.79 Å². The summed E-state index contributed by atoms with van der Waals surface area (Å²) < 4.78 is 25.9. The molecule has 0 saturated heterocycles. The van der Waals surface area contributed by atoms with Crippen LogP contribution in [0.4, 0.5) is 14.5 Å². The Hall–Kier alpha value is -2.34. The molecule has 0 aliphatic heterocycles. The zero-order valence-corrected chi connectivity index (χ0v) is 9.86. The summed E-state index contributed by atoms with van der Waals surface area (Å²) in [5.41, 5.74) is 6.14. The number of carbonyl (C=O) groups excluding carboxylic acids is 1. The molecular formula is C13H11F2N3O. The van der Waals surface area contributed by atoms with Crippen molar-refractivity contribution in [2.75, 3.05) is 5.32 Å². The Bertz CT molecular complexity index is 599. The van der Waals surface area contributed by atoms with E-state index in [1.165, 1.54) is 24.3 Å². The van der Waals surface area contributed by atoms with Crippen LogP contribution < -0.4 is 11.1 Å². The van der Waals surface area contributed by atoms with Gasteiger partial charge in [-0.1, -0.05) is 0 Å². The molecule has 98 valence electrons. The Morgan fingerprint density at radius 1 is 1.26 bits per heavy atom. The first-order valence-electron chi connectivity index (χ1n) is 5.51. The summed E-state index contributed by atoms with van der Waals surface area (Å²) in [6.07, 6.45) is 0.949. The van der Waals surface area contributed by atoms with Gasteiger partial charge in [-0.25, -0.2) is 13.8 Å². The third-order valence-corrected chi connectivity index (χ3v) is 2.48. The summed E-state index contributed by atoms with van der Waals surface area (Å²) in [7, 11) is 0. The predicted octanol–water partition coefficient (Wildman–Crippen LogP) is 2.07. The molecule has 0 atom stereocenters. The molecule has 3 N–H and O–H groups in total. The van der Waals surface area contributed by atoms with E-state index in [-0.39, 0.29) is 12.2 Å². The SMILES string of the molecule is NCc1cc(NC(=O)c2ccc(F)cn2)ccc1F. The van der Waals surface area contributed by atoms with Gasteiger partial charge in [0, 0.05) is 17.8 Å². The highest BCUT2D eigenvalue weighted by Gasteiger charge is 2.09. The quantitative estimate of drug-likeness (QED) is 0.890. The molecule has 2 rings (SSSR count). The smallest absolute Gasteiger partial charge is 0.274 e. The number of halogens is 2. The van der Waals surface area contributed by atoms with Crippen LogP contribution >= 0.6 is 0 Å². The van der Waals surface area contributed by atoms with Gasteiger partial charge in [-0.05, 0) is 30.3 Å². The molecule has 1 amide bonds. The van der Waals surface area contributed by atoms with Gasteiger partial charge in [0.05, 0.1) is 6.20 Å². The van der Waals surface area contributed by atoms with Crippen molar-refractivity contribution in [3.8, 4) is 0 Å². The largest absolute Gasteiger partial charge is 0.326 e. The lowest BCUT2D eigenvalue weighted by molar-refractivity contribution is 0.102. The highest BCUT2D eigenvalue weighted by atomic mass is 19.1. The maximum absolute atomic E-state index is 13.2. The number of amides is 1. The number of hydrogen-bond acceptors (Lipinski definition) is 3. The molecule has 0 fully saturated rings. The van der Waals surface area contributed by atoms with Gasteiger partial charge in [0.15, 0.2) is 0 Å². The van der Waals surface area contributed by atoms with Crippen LogP contribution in [0.5, 0.6) is 0 Å². The molecule has 2 aromatic rings. The number of rotatable bonds is 3. The Morgan fingerprint density at radius 2 is 2.05 bits per heavy atom. The third-order valence-electron chi connectivity index (χ3n) is 2.48. The minimum absolute atomic E-state index is 0.0321. The number of nitrogens with one attached hydrogen (secondary N) is 1. The average molecular weight is 263 g/mol. The molecule has 6 heteroatoms. The molecule has 0 unspecified atom stereocenters. The Balaban J connectivity index is 2.17. The first-order chi connectivity index (χ1) is 9.10. The van der Waals surface area contributed by atoms with E-state index in [0.29, 0.717) is 11.3 Å². The van der Waals surface area contributed by atoms with Crippen molar-refractivity contribution in [3.05, 3.63) is 59.4 Å². The van der Waals surface area contributed by atoms with Crippen molar-refractivity contribution in [2.24, 2.45) is 5.73 Å². The Labute approximate surface area is 108 Å². The second kappa shape index (κ2) is 5.53. The standard InChI is InChI=1S/C13H11F2N3O/c14-9-1-4-12(17-7-9)13(19)18-10-2-3-11(15)8(5-10)6-16/h1-5,7H,6,16H2,(H,18,19). The Morgan fingerprint density at radius 3 is 2.68 bits per heavy atom. The fourth-order valence-corrected chi connectivity index (χ4v) is 1.51. The number of benzene rings is 1. The summed E-state index contributed by atoms with van der Waals surface area (Å²) in [6, 6.07) is 6.47. The van der Waals surface area contributed by atoms with E-state index in [1.54, 1.807) is 0 Å². The van der Waals surface area contributed by atoms with Crippen LogP contribution in [0.15, 0.2) is 36.5 Å². The number of carbonyl (C=O) groups is 1. The van der Waals surface area contributed by atoms with Crippen molar-refractivity contribution < 1.29 is 13.6 Å². The van der Waals surface area contributed by atoms with Gasteiger partial charge in [-0.2, -0.15) is 0 Å². The van der Waals surface area contributed by atoms with E-state index in [9.17, 15) is 13.6 Å². The lowest BCUT2D eigenvalue weighted by Crippen LogP contribution is -2.14. The van der Waals surface area contributed by atoms with Crippen molar-refractivity contribution in [1.82, 2.24) is 4.98 Å². The minimum atomic E-state index is -0.524. The molecule has 0 saturated carbocycles. The Kier molecular flexibility index (Phi) is 3.82. The fraction of sp³-hybridized carbons (Fsp3) is 0.0769. The maximum atomic E-state index is 13.2. The lowest BCUT2D eigenvalue weighted by atomic mass is 10.2. The van der Waals surface area contributed by atoms with Crippen molar-refractivity contribution in [3.63, 3.8) is 0 Å². The second-order valence-electron chi connectivity index (χ2n) is 3.83. The average Bonchev–Trinajstić information content (AvgIpc) is 2.41. The van der Waals surface area contributed by atoms with Crippen LogP contribution in [0, 0.1) is 11.6 Å². The highest BCUT2D eigenvalue weighted by molar-refractivity contribution is 6.02. The number of hydrogen-bond donors (Lipinski definition) is 2. The molecule has 0 radical (unpaired) electrons. The van der Waals surface area contributed by atoms with Crippen molar-refractivity contribution in [2.45, 2.75) is 6.54 Å². The van der Waals surface area contributed by atoms with Crippen LogP contribution in [0.1, 0.15) is 16.1 Å². The van der Waals surface area contributed by atoms with Gasteiger partial charge in [0.2, 0.25) is 0 Å². The molecule has 1 aromatic carbocycles. The first kappa shape index (κ1) is 13.1. The normalized spacial score (nSPS) is 10.3. The summed E-state index contributed by atoms with van der Waals surface area (Å²) in [4.78, 5) is 15.4. The molecule has 0 aliphatic carbocycles. The topological polar surface area (TPSA) is 68.0 Å². The van der Waals surface area contributed by atoms with Gasteiger partial charge < -0.3 is 11.1 Å². The van der Waals surface area contributed by atoms with Crippen LogP contribution in [0.25, 0.3) is 0 Å². The number of pyridine rings is 1. The molecular weight excluding hydrogens is 252 g/mol. The second-order valence-corrected chi connectivity index (χ2v) is 3.83. The molecule has 0 bridgehead atoms. The molecule has 1 heterocycles. The number of nitrogens with two attached hydrogens (primary N) is 1.